The number of amides is 1. The molecule has 0 atom stereocenters. The molecule has 5 nitrogen and oxygen atoms in total. The van der Waals surface area contributed by atoms with Gasteiger partial charge < -0.3 is 10.1 Å². The second-order valence-corrected chi connectivity index (χ2v) is 7.36. The van der Waals surface area contributed by atoms with Crippen LogP contribution < -0.4 is 10.1 Å². The van der Waals surface area contributed by atoms with E-state index < -0.39 is 17.5 Å². The number of carbonyl (C=O) groups excluding carboxylic acids is 1. The molecule has 4 rings (SSSR count). The number of halogens is 3. The Kier molecular flexibility index (Phi) is 6.18. The number of ether oxygens (including phenoxy) is 1. The van der Waals surface area contributed by atoms with E-state index in [0.717, 1.165) is 23.3 Å². The van der Waals surface area contributed by atoms with Crippen molar-refractivity contribution in [3.05, 3.63) is 101 Å². The van der Waals surface area contributed by atoms with E-state index in [1.165, 1.54) is 18.6 Å². The number of methoxy groups -OCH3 is 1. The molecule has 1 amide bonds. The molecule has 0 aliphatic heterocycles. The largest absolute Gasteiger partial charge is 0.496 e. The van der Waals surface area contributed by atoms with Crippen LogP contribution in [0.25, 0.3) is 16.8 Å². The van der Waals surface area contributed by atoms with Crippen LogP contribution in [0.2, 0.25) is 5.02 Å². The number of hydrogen-bond donors (Lipinski definition) is 1. The molecule has 1 N–H and O–H groups in total. The van der Waals surface area contributed by atoms with Crippen molar-refractivity contribution in [2.45, 2.75) is 6.54 Å². The summed E-state index contributed by atoms with van der Waals surface area (Å²) in [6.45, 7) is -0.289. The fourth-order valence-electron chi connectivity index (χ4n) is 3.36. The zero-order chi connectivity index (χ0) is 22.7. The first kappa shape index (κ1) is 21.5. The average Bonchev–Trinajstić information content (AvgIpc) is 3.29. The van der Waals surface area contributed by atoms with E-state index in [-0.39, 0.29) is 17.8 Å². The van der Waals surface area contributed by atoms with Crippen molar-refractivity contribution in [2.24, 2.45) is 0 Å². The molecule has 0 aliphatic carbocycles. The first-order valence-electron chi connectivity index (χ1n) is 9.65. The molecule has 0 aliphatic rings. The lowest BCUT2D eigenvalue weighted by Gasteiger charge is -2.13. The van der Waals surface area contributed by atoms with Crippen LogP contribution >= 0.6 is 11.6 Å². The SMILES string of the molecule is COc1ccc(Cl)cc1-c1cccc(-n2cncc2C(=O)NCc2c(F)cccc2F)c1. The van der Waals surface area contributed by atoms with Crippen molar-refractivity contribution in [3.8, 4) is 22.6 Å². The standard InChI is InChI=1S/C24H18ClF2N3O2/c1-32-23-9-8-16(25)11-18(23)15-4-2-5-17(10-15)30-14-28-13-22(30)24(31)29-12-19-20(26)6-3-7-21(19)27/h2-11,13-14H,12H2,1H3,(H,29,31). The van der Waals surface area contributed by atoms with Gasteiger partial charge in [-0.2, -0.15) is 0 Å². The topological polar surface area (TPSA) is 56.2 Å². The molecule has 0 spiro atoms. The van der Waals surface area contributed by atoms with Gasteiger partial charge in [0.1, 0.15) is 23.1 Å². The second-order valence-electron chi connectivity index (χ2n) is 6.93. The molecule has 0 saturated heterocycles. The van der Waals surface area contributed by atoms with Crippen molar-refractivity contribution >= 4 is 17.5 Å². The van der Waals surface area contributed by atoms with Gasteiger partial charge in [0.15, 0.2) is 0 Å². The van der Waals surface area contributed by atoms with Crippen LogP contribution in [0.1, 0.15) is 16.1 Å². The van der Waals surface area contributed by atoms with Gasteiger partial charge in [-0.25, -0.2) is 13.8 Å². The van der Waals surface area contributed by atoms with Gasteiger partial charge in [-0.3, -0.25) is 9.36 Å². The Balaban J connectivity index is 1.62. The molecule has 1 aromatic heterocycles. The molecular weight excluding hydrogens is 436 g/mol. The second kappa shape index (κ2) is 9.20. The van der Waals surface area contributed by atoms with Gasteiger partial charge in [0.25, 0.3) is 5.91 Å². The molecule has 0 radical (unpaired) electrons. The predicted molar refractivity (Wildman–Crippen MR) is 118 cm³/mol. The summed E-state index contributed by atoms with van der Waals surface area (Å²) in [6.07, 6.45) is 2.88. The molecule has 1 heterocycles. The number of hydrogen-bond acceptors (Lipinski definition) is 3. The molecule has 0 unspecified atom stereocenters. The molecule has 8 heteroatoms. The summed E-state index contributed by atoms with van der Waals surface area (Å²) in [5, 5.41) is 3.11. The Morgan fingerprint density at radius 1 is 1.09 bits per heavy atom. The zero-order valence-corrected chi connectivity index (χ0v) is 17.7. The quantitative estimate of drug-likeness (QED) is 0.424. The van der Waals surface area contributed by atoms with Crippen LogP contribution in [-0.4, -0.2) is 22.6 Å². The Labute approximate surface area is 188 Å². The summed E-state index contributed by atoms with van der Waals surface area (Å²) in [5.74, 6) is -1.30. The van der Waals surface area contributed by atoms with Crippen molar-refractivity contribution in [2.75, 3.05) is 7.11 Å². The van der Waals surface area contributed by atoms with E-state index in [0.29, 0.717) is 16.5 Å². The lowest BCUT2D eigenvalue weighted by molar-refractivity contribution is 0.0943. The first-order chi connectivity index (χ1) is 15.5. The van der Waals surface area contributed by atoms with Crippen molar-refractivity contribution < 1.29 is 18.3 Å². The van der Waals surface area contributed by atoms with Gasteiger partial charge in [0.05, 0.1) is 19.6 Å². The lowest BCUT2D eigenvalue weighted by atomic mass is 10.0. The fraction of sp³-hybridized carbons (Fsp3) is 0.0833. The molecule has 162 valence electrons. The van der Waals surface area contributed by atoms with Gasteiger partial charge >= 0.3 is 0 Å². The van der Waals surface area contributed by atoms with Crippen LogP contribution in [0, 0.1) is 11.6 Å². The molecule has 0 saturated carbocycles. The highest BCUT2D eigenvalue weighted by Crippen LogP contribution is 2.33. The Morgan fingerprint density at radius 2 is 1.84 bits per heavy atom. The number of nitrogens with zero attached hydrogens (tertiary/aromatic N) is 2. The number of aromatic nitrogens is 2. The summed E-state index contributed by atoms with van der Waals surface area (Å²) in [5.41, 5.74) is 2.31. The fourth-order valence-corrected chi connectivity index (χ4v) is 3.53. The van der Waals surface area contributed by atoms with Gasteiger partial charge in [0, 0.05) is 28.4 Å². The van der Waals surface area contributed by atoms with Crippen molar-refractivity contribution in [1.29, 1.82) is 0 Å². The summed E-state index contributed by atoms with van der Waals surface area (Å²) in [6, 6.07) is 16.3. The third-order valence-corrected chi connectivity index (χ3v) is 5.19. The number of nitrogens with one attached hydrogen (secondary N) is 1. The highest BCUT2D eigenvalue weighted by atomic mass is 35.5. The first-order valence-corrected chi connectivity index (χ1v) is 10.0. The number of carbonyl (C=O) groups is 1. The molecular formula is C24H18ClF2N3O2. The Bertz CT molecular complexity index is 1270. The van der Waals surface area contributed by atoms with E-state index in [2.05, 4.69) is 10.3 Å². The summed E-state index contributed by atoms with van der Waals surface area (Å²) in [4.78, 5) is 16.8. The minimum absolute atomic E-state index is 0.207. The summed E-state index contributed by atoms with van der Waals surface area (Å²) < 4.78 is 34.7. The monoisotopic (exact) mass is 453 g/mol. The number of benzene rings is 3. The number of rotatable bonds is 6. The van der Waals surface area contributed by atoms with Crippen LogP contribution in [0.4, 0.5) is 8.78 Å². The highest BCUT2D eigenvalue weighted by molar-refractivity contribution is 6.31. The van der Waals surface area contributed by atoms with Crippen LogP contribution in [-0.2, 0) is 6.54 Å². The lowest BCUT2D eigenvalue weighted by Crippen LogP contribution is -2.26. The third kappa shape index (κ3) is 4.33. The van der Waals surface area contributed by atoms with Gasteiger partial charge in [-0.15, -0.1) is 0 Å². The Morgan fingerprint density at radius 3 is 2.59 bits per heavy atom. The van der Waals surface area contributed by atoms with E-state index in [9.17, 15) is 13.6 Å². The van der Waals surface area contributed by atoms with Crippen molar-refractivity contribution in [3.63, 3.8) is 0 Å². The molecule has 32 heavy (non-hydrogen) atoms. The maximum absolute atomic E-state index is 13.9. The minimum atomic E-state index is -0.720. The van der Waals surface area contributed by atoms with Gasteiger partial charge in [-0.1, -0.05) is 29.8 Å². The van der Waals surface area contributed by atoms with Gasteiger partial charge in [-0.05, 0) is 48.0 Å². The average molecular weight is 454 g/mol. The maximum atomic E-state index is 13.9. The van der Waals surface area contributed by atoms with Crippen LogP contribution in [0.5, 0.6) is 5.75 Å². The van der Waals surface area contributed by atoms with Crippen LogP contribution in [0.15, 0.2) is 73.2 Å². The maximum Gasteiger partial charge on any atom is 0.270 e. The normalized spacial score (nSPS) is 10.8. The summed E-state index contributed by atoms with van der Waals surface area (Å²) in [7, 11) is 1.58. The predicted octanol–water partition coefficient (Wildman–Crippen LogP) is 5.41. The smallest absolute Gasteiger partial charge is 0.270 e. The number of imidazole rings is 1. The van der Waals surface area contributed by atoms with E-state index in [1.807, 2.05) is 24.3 Å². The van der Waals surface area contributed by atoms with E-state index in [1.54, 1.807) is 29.9 Å². The third-order valence-electron chi connectivity index (χ3n) is 4.96. The van der Waals surface area contributed by atoms with Crippen molar-refractivity contribution in [1.82, 2.24) is 14.9 Å². The Hall–Kier alpha value is -3.71. The minimum Gasteiger partial charge on any atom is -0.496 e. The zero-order valence-electron chi connectivity index (χ0n) is 17.0. The van der Waals surface area contributed by atoms with Crippen LogP contribution in [0.3, 0.4) is 0 Å². The molecule has 0 bridgehead atoms. The van der Waals surface area contributed by atoms with Gasteiger partial charge in [0.2, 0.25) is 0 Å². The molecule has 4 aromatic rings. The van der Waals surface area contributed by atoms with E-state index >= 15 is 0 Å². The molecule has 0 fully saturated rings. The van der Waals surface area contributed by atoms with E-state index in [4.69, 9.17) is 16.3 Å². The molecule has 3 aromatic carbocycles. The summed E-state index contributed by atoms with van der Waals surface area (Å²) >= 11 is 6.16. The highest BCUT2D eigenvalue weighted by Gasteiger charge is 2.16.